The number of rotatable bonds is 4. The molecular formula is C12H23NO2. The van der Waals surface area contributed by atoms with Gasteiger partial charge in [-0.2, -0.15) is 0 Å². The Bertz CT molecular complexity index is 206. The Hall–Kier alpha value is -0.570. The lowest BCUT2D eigenvalue weighted by Crippen LogP contribution is -2.45. The topological polar surface area (TPSA) is 49.3 Å². The Labute approximate surface area is 92.3 Å². The van der Waals surface area contributed by atoms with Crippen molar-refractivity contribution in [3.63, 3.8) is 0 Å². The van der Waals surface area contributed by atoms with E-state index < -0.39 is 0 Å². The van der Waals surface area contributed by atoms with E-state index in [9.17, 15) is 9.90 Å². The molecule has 1 aliphatic rings. The number of nitrogens with one attached hydrogen (secondary N) is 1. The molecule has 15 heavy (non-hydrogen) atoms. The third-order valence-electron chi connectivity index (χ3n) is 3.31. The number of aliphatic hydroxyl groups is 1. The minimum absolute atomic E-state index is 0.00435. The van der Waals surface area contributed by atoms with Crippen LogP contribution in [0.2, 0.25) is 0 Å². The molecule has 2 N–H and O–H groups in total. The quantitative estimate of drug-likeness (QED) is 0.748. The van der Waals surface area contributed by atoms with Crippen molar-refractivity contribution >= 4 is 5.91 Å². The predicted octanol–water partition coefficient (Wildman–Crippen LogP) is 1.84. The van der Waals surface area contributed by atoms with Gasteiger partial charge in [0.2, 0.25) is 5.91 Å². The van der Waals surface area contributed by atoms with E-state index in [1.807, 2.05) is 0 Å². The maximum absolute atomic E-state index is 11.6. The molecule has 0 bridgehead atoms. The zero-order chi connectivity index (χ0) is 11.3. The van der Waals surface area contributed by atoms with Crippen LogP contribution in [0.5, 0.6) is 0 Å². The molecule has 0 aromatic rings. The van der Waals surface area contributed by atoms with E-state index in [0.717, 1.165) is 32.1 Å². The second kappa shape index (κ2) is 6.11. The molecule has 1 aliphatic carbocycles. The lowest BCUT2D eigenvalue weighted by atomic mass is 9.92. The molecule has 88 valence electrons. The van der Waals surface area contributed by atoms with Crippen LogP contribution in [0.25, 0.3) is 0 Å². The Morgan fingerprint density at radius 2 is 2.13 bits per heavy atom. The predicted molar refractivity (Wildman–Crippen MR) is 60.5 cm³/mol. The molecule has 0 aromatic carbocycles. The maximum atomic E-state index is 11.6. The van der Waals surface area contributed by atoms with Crippen LogP contribution in [-0.4, -0.2) is 23.2 Å². The molecule has 0 heterocycles. The molecule has 3 unspecified atom stereocenters. The van der Waals surface area contributed by atoms with Gasteiger partial charge in [0.1, 0.15) is 0 Å². The van der Waals surface area contributed by atoms with Gasteiger partial charge >= 0.3 is 0 Å². The molecule has 3 nitrogen and oxygen atoms in total. The van der Waals surface area contributed by atoms with E-state index >= 15 is 0 Å². The van der Waals surface area contributed by atoms with Crippen molar-refractivity contribution < 1.29 is 9.90 Å². The number of hydrogen-bond donors (Lipinski definition) is 2. The van der Waals surface area contributed by atoms with Crippen molar-refractivity contribution in [2.75, 3.05) is 0 Å². The van der Waals surface area contributed by atoms with Gasteiger partial charge in [-0.05, 0) is 18.8 Å². The van der Waals surface area contributed by atoms with Gasteiger partial charge in [0.25, 0.3) is 0 Å². The minimum Gasteiger partial charge on any atom is -0.391 e. The van der Waals surface area contributed by atoms with Crippen molar-refractivity contribution in [3.8, 4) is 0 Å². The summed E-state index contributed by atoms with van der Waals surface area (Å²) in [6, 6.07) is -0.00435. The van der Waals surface area contributed by atoms with Crippen molar-refractivity contribution in [3.05, 3.63) is 0 Å². The van der Waals surface area contributed by atoms with Crippen molar-refractivity contribution in [2.24, 2.45) is 5.92 Å². The maximum Gasteiger partial charge on any atom is 0.220 e. The SMILES string of the molecule is CCC(C)CC(=O)NC1CCCCC1O. The van der Waals surface area contributed by atoms with E-state index in [1.165, 1.54) is 0 Å². The van der Waals surface area contributed by atoms with Crippen LogP contribution < -0.4 is 5.32 Å². The zero-order valence-electron chi connectivity index (χ0n) is 9.83. The molecule has 0 aromatic heterocycles. The molecule has 0 radical (unpaired) electrons. The molecule has 0 spiro atoms. The van der Waals surface area contributed by atoms with Crippen molar-refractivity contribution in [1.29, 1.82) is 0 Å². The summed E-state index contributed by atoms with van der Waals surface area (Å²) in [6.07, 6.45) is 5.23. The van der Waals surface area contributed by atoms with Gasteiger partial charge in [-0.25, -0.2) is 0 Å². The standard InChI is InChI=1S/C12H23NO2/c1-3-9(2)8-12(15)13-10-6-4-5-7-11(10)14/h9-11,14H,3-8H2,1-2H3,(H,13,15). The molecular weight excluding hydrogens is 190 g/mol. The summed E-state index contributed by atoms with van der Waals surface area (Å²) in [5, 5.41) is 12.6. The largest absolute Gasteiger partial charge is 0.391 e. The Morgan fingerprint density at radius 3 is 2.73 bits per heavy atom. The summed E-state index contributed by atoms with van der Waals surface area (Å²) in [4.78, 5) is 11.6. The van der Waals surface area contributed by atoms with E-state index in [-0.39, 0.29) is 18.1 Å². The fraction of sp³-hybridized carbons (Fsp3) is 0.917. The van der Waals surface area contributed by atoms with E-state index in [4.69, 9.17) is 0 Å². The first-order chi connectivity index (χ1) is 7.13. The summed E-state index contributed by atoms with van der Waals surface area (Å²) in [5.41, 5.74) is 0. The lowest BCUT2D eigenvalue weighted by molar-refractivity contribution is -0.123. The highest BCUT2D eigenvalue weighted by Gasteiger charge is 2.24. The summed E-state index contributed by atoms with van der Waals surface area (Å²) in [6.45, 7) is 4.17. The average Bonchev–Trinajstić information content (AvgIpc) is 2.21. The molecule has 3 atom stereocenters. The fourth-order valence-corrected chi connectivity index (χ4v) is 2.01. The Balaban J connectivity index is 2.29. The zero-order valence-corrected chi connectivity index (χ0v) is 9.83. The first-order valence-corrected chi connectivity index (χ1v) is 6.11. The van der Waals surface area contributed by atoms with Crippen molar-refractivity contribution in [2.45, 2.75) is 64.5 Å². The number of hydrogen-bond acceptors (Lipinski definition) is 2. The van der Waals surface area contributed by atoms with Gasteiger partial charge in [0.15, 0.2) is 0 Å². The lowest BCUT2D eigenvalue weighted by Gasteiger charge is -2.28. The van der Waals surface area contributed by atoms with Gasteiger partial charge in [-0.1, -0.05) is 33.1 Å². The van der Waals surface area contributed by atoms with Crippen molar-refractivity contribution in [1.82, 2.24) is 5.32 Å². The molecule has 1 saturated carbocycles. The second-order valence-corrected chi connectivity index (χ2v) is 4.74. The van der Waals surface area contributed by atoms with Crippen LogP contribution in [0.1, 0.15) is 52.4 Å². The highest BCUT2D eigenvalue weighted by atomic mass is 16.3. The van der Waals surface area contributed by atoms with E-state index in [1.54, 1.807) is 0 Å². The Kier molecular flexibility index (Phi) is 5.09. The summed E-state index contributed by atoms with van der Waals surface area (Å²) in [5.74, 6) is 0.529. The summed E-state index contributed by atoms with van der Waals surface area (Å²) < 4.78 is 0. The second-order valence-electron chi connectivity index (χ2n) is 4.74. The minimum atomic E-state index is -0.334. The molecule has 1 rings (SSSR count). The average molecular weight is 213 g/mol. The third-order valence-corrected chi connectivity index (χ3v) is 3.31. The molecule has 3 heteroatoms. The van der Waals surface area contributed by atoms with Crippen LogP contribution in [0.4, 0.5) is 0 Å². The van der Waals surface area contributed by atoms with Gasteiger partial charge in [0.05, 0.1) is 12.1 Å². The van der Waals surface area contributed by atoms with Gasteiger partial charge in [0, 0.05) is 6.42 Å². The highest BCUT2D eigenvalue weighted by Crippen LogP contribution is 2.18. The van der Waals surface area contributed by atoms with E-state index in [0.29, 0.717) is 12.3 Å². The highest BCUT2D eigenvalue weighted by molar-refractivity contribution is 5.76. The first kappa shape index (κ1) is 12.5. The van der Waals surface area contributed by atoms with Crippen LogP contribution in [0.3, 0.4) is 0 Å². The normalized spacial score (nSPS) is 28.5. The number of carbonyl (C=O) groups excluding carboxylic acids is 1. The third kappa shape index (κ3) is 4.20. The van der Waals surface area contributed by atoms with E-state index in [2.05, 4.69) is 19.2 Å². The van der Waals surface area contributed by atoms with Gasteiger partial charge in [-0.15, -0.1) is 0 Å². The van der Waals surface area contributed by atoms with Gasteiger partial charge in [-0.3, -0.25) is 4.79 Å². The molecule has 0 aliphatic heterocycles. The monoisotopic (exact) mass is 213 g/mol. The van der Waals surface area contributed by atoms with Crippen LogP contribution in [0, 0.1) is 5.92 Å². The van der Waals surface area contributed by atoms with Crippen LogP contribution >= 0.6 is 0 Å². The van der Waals surface area contributed by atoms with Crippen LogP contribution in [0.15, 0.2) is 0 Å². The smallest absolute Gasteiger partial charge is 0.220 e. The summed E-state index contributed by atoms with van der Waals surface area (Å²) >= 11 is 0. The number of amides is 1. The molecule has 1 amide bonds. The fourth-order valence-electron chi connectivity index (χ4n) is 2.01. The van der Waals surface area contributed by atoms with Gasteiger partial charge < -0.3 is 10.4 Å². The van der Waals surface area contributed by atoms with Crippen LogP contribution in [-0.2, 0) is 4.79 Å². The first-order valence-electron chi connectivity index (χ1n) is 6.11. The summed E-state index contributed by atoms with van der Waals surface area (Å²) in [7, 11) is 0. The molecule has 1 fully saturated rings. The molecule has 0 saturated heterocycles. The Morgan fingerprint density at radius 1 is 1.47 bits per heavy atom. The number of carbonyl (C=O) groups is 1. The number of aliphatic hydroxyl groups excluding tert-OH is 1.